The van der Waals surface area contributed by atoms with E-state index in [-0.39, 0.29) is 0 Å². The van der Waals surface area contributed by atoms with E-state index in [9.17, 15) is 0 Å². The van der Waals surface area contributed by atoms with Gasteiger partial charge in [-0.1, -0.05) is 23.7 Å². The number of thiophene rings is 1. The maximum atomic E-state index is 6.28. The van der Waals surface area contributed by atoms with Crippen molar-refractivity contribution in [2.75, 3.05) is 6.54 Å². The molecule has 0 aliphatic carbocycles. The van der Waals surface area contributed by atoms with Gasteiger partial charge in [0, 0.05) is 36.1 Å². The molecule has 3 aromatic rings. The zero-order chi connectivity index (χ0) is 13.9. The predicted molar refractivity (Wildman–Crippen MR) is 87.7 cm³/mol. The Bertz CT molecular complexity index is 714. The zero-order valence-electron chi connectivity index (χ0n) is 11.4. The number of para-hydroxylation sites is 1. The SMILES string of the molecule is Cc1ccsc1CNCCn1ccc2cccc(Cl)c21. The molecule has 104 valence electrons. The topological polar surface area (TPSA) is 17.0 Å². The van der Waals surface area contributed by atoms with Crippen molar-refractivity contribution in [2.24, 2.45) is 0 Å². The van der Waals surface area contributed by atoms with Crippen LogP contribution in [0.1, 0.15) is 10.4 Å². The lowest BCUT2D eigenvalue weighted by atomic mass is 10.2. The van der Waals surface area contributed by atoms with Crippen LogP contribution < -0.4 is 5.32 Å². The zero-order valence-corrected chi connectivity index (χ0v) is 13.0. The van der Waals surface area contributed by atoms with Crippen molar-refractivity contribution in [1.29, 1.82) is 0 Å². The van der Waals surface area contributed by atoms with Gasteiger partial charge in [0.2, 0.25) is 0 Å². The van der Waals surface area contributed by atoms with E-state index in [1.54, 1.807) is 0 Å². The summed E-state index contributed by atoms with van der Waals surface area (Å²) in [7, 11) is 0. The van der Waals surface area contributed by atoms with Gasteiger partial charge in [0.05, 0.1) is 10.5 Å². The summed E-state index contributed by atoms with van der Waals surface area (Å²) >= 11 is 8.09. The third-order valence-electron chi connectivity index (χ3n) is 3.52. The Balaban J connectivity index is 1.62. The highest BCUT2D eigenvalue weighted by atomic mass is 35.5. The largest absolute Gasteiger partial charge is 0.345 e. The number of aryl methyl sites for hydroxylation is 1. The number of fused-ring (bicyclic) bond motifs is 1. The molecule has 0 spiro atoms. The van der Waals surface area contributed by atoms with E-state index in [2.05, 4.69) is 46.6 Å². The molecule has 2 heterocycles. The molecule has 2 nitrogen and oxygen atoms in total. The number of aromatic nitrogens is 1. The second-order valence-corrected chi connectivity index (χ2v) is 6.30. The molecule has 20 heavy (non-hydrogen) atoms. The van der Waals surface area contributed by atoms with Crippen LogP contribution in [0.15, 0.2) is 41.9 Å². The van der Waals surface area contributed by atoms with Crippen LogP contribution in [0.2, 0.25) is 5.02 Å². The average Bonchev–Trinajstić information content (AvgIpc) is 3.03. The van der Waals surface area contributed by atoms with Gasteiger partial charge >= 0.3 is 0 Å². The highest BCUT2D eigenvalue weighted by Crippen LogP contribution is 2.24. The first kappa shape index (κ1) is 13.7. The molecule has 1 N–H and O–H groups in total. The number of hydrogen-bond donors (Lipinski definition) is 1. The molecule has 4 heteroatoms. The standard InChI is InChI=1S/C16H17ClN2S/c1-12-6-10-20-15(12)11-18-7-9-19-8-5-13-3-2-4-14(17)16(13)19/h2-6,8,10,18H,7,9,11H2,1H3. The van der Waals surface area contributed by atoms with Gasteiger partial charge < -0.3 is 9.88 Å². The van der Waals surface area contributed by atoms with Crippen molar-refractivity contribution < 1.29 is 0 Å². The molecular weight excluding hydrogens is 288 g/mol. The number of nitrogens with zero attached hydrogens (tertiary/aromatic N) is 1. The number of halogens is 1. The van der Waals surface area contributed by atoms with Crippen molar-refractivity contribution in [2.45, 2.75) is 20.0 Å². The van der Waals surface area contributed by atoms with Crippen molar-refractivity contribution in [1.82, 2.24) is 9.88 Å². The lowest BCUT2D eigenvalue weighted by Crippen LogP contribution is -2.19. The highest BCUT2D eigenvalue weighted by Gasteiger charge is 2.04. The van der Waals surface area contributed by atoms with Crippen molar-refractivity contribution >= 4 is 33.8 Å². The van der Waals surface area contributed by atoms with Crippen LogP contribution in [0.3, 0.4) is 0 Å². The van der Waals surface area contributed by atoms with Gasteiger partial charge in [-0.3, -0.25) is 0 Å². The highest BCUT2D eigenvalue weighted by molar-refractivity contribution is 7.10. The predicted octanol–water partition coefficient (Wildman–Crippen LogP) is 4.45. The molecule has 0 unspecified atom stereocenters. The van der Waals surface area contributed by atoms with Crippen LogP contribution in [0, 0.1) is 6.92 Å². The lowest BCUT2D eigenvalue weighted by Gasteiger charge is -2.08. The molecule has 0 radical (unpaired) electrons. The number of hydrogen-bond acceptors (Lipinski definition) is 2. The maximum absolute atomic E-state index is 6.28. The second kappa shape index (κ2) is 6.00. The summed E-state index contributed by atoms with van der Waals surface area (Å²) in [5.74, 6) is 0. The fourth-order valence-corrected chi connectivity index (χ4v) is 3.55. The van der Waals surface area contributed by atoms with Gasteiger partial charge in [-0.25, -0.2) is 0 Å². The minimum absolute atomic E-state index is 0.821. The van der Waals surface area contributed by atoms with Crippen LogP contribution >= 0.6 is 22.9 Å². The molecule has 1 aromatic carbocycles. The monoisotopic (exact) mass is 304 g/mol. The van der Waals surface area contributed by atoms with Gasteiger partial charge in [0.25, 0.3) is 0 Å². The molecular formula is C16H17ClN2S. The summed E-state index contributed by atoms with van der Waals surface area (Å²) in [6.45, 7) is 4.97. The van der Waals surface area contributed by atoms with E-state index in [0.717, 1.165) is 30.2 Å². The lowest BCUT2D eigenvalue weighted by molar-refractivity contribution is 0.612. The Morgan fingerprint density at radius 2 is 2.15 bits per heavy atom. The molecule has 0 aliphatic rings. The van der Waals surface area contributed by atoms with Crippen LogP contribution in [0.4, 0.5) is 0 Å². The van der Waals surface area contributed by atoms with E-state index < -0.39 is 0 Å². The van der Waals surface area contributed by atoms with Gasteiger partial charge in [-0.15, -0.1) is 11.3 Å². The van der Waals surface area contributed by atoms with Gasteiger partial charge in [-0.2, -0.15) is 0 Å². The van der Waals surface area contributed by atoms with Crippen LogP contribution in [-0.2, 0) is 13.1 Å². The van der Waals surface area contributed by atoms with Gasteiger partial charge in [0.1, 0.15) is 0 Å². The fourth-order valence-electron chi connectivity index (χ4n) is 2.39. The third kappa shape index (κ3) is 2.75. The molecule has 0 fully saturated rings. The second-order valence-electron chi connectivity index (χ2n) is 4.89. The molecule has 0 saturated heterocycles. The Morgan fingerprint density at radius 1 is 1.25 bits per heavy atom. The van der Waals surface area contributed by atoms with Crippen LogP contribution in [-0.4, -0.2) is 11.1 Å². The van der Waals surface area contributed by atoms with Crippen molar-refractivity contribution in [3.8, 4) is 0 Å². The molecule has 3 rings (SSSR count). The molecule has 0 bridgehead atoms. The summed E-state index contributed by atoms with van der Waals surface area (Å²) in [5, 5.41) is 7.66. The fraction of sp³-hybridized carbons (Fsp3) is 0.250. The Kier molecular flexibility index (Phi) is 4.10. The first-order chi connectivity index (χ1) is 9.75. The third-order valence-corrected chi connectivity index (χ3v) is 4.85. The normalized spacial score (nSPS) is 11.3. The van der Waals surface area contributed by atoms with E-state index in [4.69, 9.17) is 11.6 Å². The summed E-state index contributed by atoms with van der Waals surface area (Å²) < 4.78 is 2.21. The minimum Gasteiger partial charge on any atom is -0.345 e. The summed E-state index contributed by atoms with van der Waals surface area (Å²) in [5.41, 5.74) is 2.50. The van der Waals surface area contributed by atoms with E-state index >= 15 is 0 Å². The molecule has 0 saturated carbocycles. The summed E-state index contributed by atoms with van der Waals surface area (Å²) in [4.78, 5) is 1.42. The van der Waals surface area contributed by atoms with E-state index in [1.807, 2.05) is 23.5 Å². The van der Waals surface area contributed by atoms with E-state index in [1.165, 1.54) is 15.8 Å². The number of rotatable bonds is 5. The van der Waals surface area contributed by atoms with Crippen LogP contribution in [0.25, 0.3) is 10.9 Å². The molecule has 2 aromatic heterocycles. The first-order valence-electron chi connectivity index (χ1n) is 6.73. The minimum atomic E-state index is 0.821. The van der Waals surface area contributed by atoms with Gasteiger partial charge in [0.15, 0.2) is 0 Å². The van der Waals surface area contributed by atoms with Crippen molar-refractivity contribution in [3.63, 3.8) is 0 Å². The number of nitrogens with one attached hydrogen (secondary N) is 1. The number of benzene rings is 1. The molecule has 0 aliphatic heterocycles. The maximum Gasteiger partial charge on any atom is 0.0670 e. The quantitative estimate of drug-likeness (QED) is 0.689. The molecule has 0 amide bonds. The van der Waals surface area contributed by atoms with Crippen LogP contribution in [0.5, 0.6) is 0 Å². The summed E-state index contributed by atoms with van der Waals surface area (Å²) in [6, 6.07) is 10.3. The van der Waals surface area contributed by atoms with Gasteiger partial charge in [-0.05, 0) is 36.1 Å². The first-order valence-corrected chi connectivity index (χ1v) is 7.98. The Morgan fingerprint density at radius 3 is 2.95 bits per heavy atom. The molecule has 0 atom stereocenters. The Hall–Kier alpha value is -1.29. The van der Waals surface area contributed by atoms with E-state index in [0.29, 0.717) is 0 Å². The smallest absolute Gasteiger partial charge is 0.0670 e. The van der Waals surface area contributed by atoms with Crippen molar-refractivity contribution in [3.05, 3.63) is 57.4 Å². The average molecular weight is 305 g/mol. The summed E-state index contributed by atoms with van der Waals surface area (Å²) in [6.07, 6.45) is 2.11. The Labute approximate surface area is 128 Å².